The number of hydrogen-bond acceptors (Lipinski definition) is 2. The Morgan fingerprint density at radius 3 is 2.70 bits per heavy atom. The highest BCUT2D eigenvalue weighted by Crippen LogP contribution is 2.37. The van der Waals surface area contributed by atoms with Crippen molar-refractivity contribution in [1.82, 2.24) is 10.2 Å². The van der Waals surface area contributed by atoms with Crippen molar-refractivity contribution in [2.45, 2.75) is 25.7 Å². The minimum absolute atomic E-state index is 0.0272. The van der Waals surface area contributed by atoms with Crippen LogP contribution in [0.5, 0.6) is 0 Å². The van der Waals surface area contributed by atoms with Crippen LogP contribution in [0.2, 0.25) is 0 Å². The number of hydrogen-bond donors (Lipinski definition) is 1. The Labute approximate surface area is 136 Å². The van der Waals surface area contributed by atoms with Crippen LogP contribution in [0.3, 0.4) is 0 Å². The van der Waals surface area contributed by atoms with Crippen LogP contribution >= 0.6 is 0 Å². The van der Waals surface area contributed by atoms with Gasteiger partial charge in [0.2, 0.25) is 5.91 Å². The molecular formula is C18H23N3O2. The standard InChI is InChI=1S/C18H23N3O2/c22-17-10-13-4-1-2-7-16(13)21(17)9-8-19-18(23)20-11-14-5-3-6-15(14)12-20/h1-2,4,7,14-15H,3,5-6,8-12H2,(H,19,23)/t14-,15-/m1/s1. The van der Waals surface area contributed by atoms with Gasteiger partial charge in [-0.25, -0.2) is 4.79 Å². The fourth-order valence-corrected chi connectivity index (χ4v) is 4.35. The van der Waals surface area contributed by atoms with Gasteiger partial charge in [-0.3, -0.25) is 4.79 Å². The topological polar surface area (TPSA) is 52.7 Å². The second kappa shape index (κ2) is 5.87. The minimum atomic E-state index is 0.0272. The molecule has 3 aliphatic rings. The quantitative estimate of drug-likeness (QED) is 0.928. The van der Waals surface area contributed by atoms with E-state index < -0.39 is 0 Å². The molecular weight excluding hydrogens is 290 g/mol. The first-order chi connectivity index (χ1) is 11.2. The Morgan fingerprint density at radius 1 is 1.17 bits per heavy atom. The summed E-state index contributed by atoms with van der Waals surface area (Å²) in [5.74, 6) is 1.55. The van der Waals surface area contributed by atoms with Crippen LogP contribution in [0, 0.1) is 11.8 Å². The Hall–Kier alpha value is -2.04. The summed E-state index contributed by atoms with van der Waals surface area (Å²) < 4.78 is 0. The maximum absolute atomic E-state index is 12.3. The molecule has 2 aliphatic heterocycles. The van der Waals surface area contributed by atoms with E-state index in [4.69, 9.17) is 0 Å². The molecule has 1 saturated heterocycles. The van der Waals surface area contributed by atoms with Gasteiger partial charge in [-0.05, 0) is 36.3 Å². The van der Waals surface area contributed by atoms with Gasteiger partial charge in [-0.1, -0.05) is 24.6 Å². The lowest BCUT2D eigenvalue weighted by Gasteiger charge is -2.21. The van der Waals surface area contributed by atoms with Crippen LogP contribution in [-0.4, -0.2) is 43.0 Å². The van der Waals surface area contributed by atoms with Crippen LogP contribution in [0.1, 0.15) is 24.8 Å². The zero-order chi connectivity index (χ0) is 15.8. The normalized spacial score (nSPS) is 25.7. The van der Waals surface area contributed by atoms with Crippen LogP contribution in [-0.2, 0) is 11.2 Å². The predicted octanol–water partition coefficient (Wildman–Crippen LogP) is 2.02. The van der Waals surface area contributed by atoms with Crippen molar-refractivity contribution >= 4 is 17.6 Å². The van der Waals surface area contributed by atoms with Gasteiger partial charge in [0, 0.05) is 31.9 Å². The molecule has 23 heavy (non-hydrogen) atoms. The second-order valence-electron chi connectivity index (χ2n) is 6.94. The number of urea groups is 1. The highest BCUT2D eigenvalue weighted by Gasteiger charge is 2.38. The Morgan fingerprint density at radius 2 is 1.91 bits per heavy atom. The molecule has 2 atom stereocenters. The molecule has 2 heterocycles. The molecule has 1 saturated carbocycles. The molecule has 122 valence electrons. The lowest BCUT2D eigenvalue weighted by atomic mass is 10.0. The van der Waals surface area contributed by atoms with Crippen molar-refractivity contribution in [2.75, 3.05) is 31.1 Å². The van der Waals surface area contributed by atoms with Gasteiger partial charge in [0.1, 0.15) is 0 Å². The molecule has 1 aromatic carbocycles. The molecule has 0 radical (unpaired) electrons. The summed E-state index contributed by atoms with van der Waals surface area (Å²) in [5.41, 5.74) is 2.07. The van der Waals surface area contributed by atoms with Crippen molar-refractivity contribution in [3.05, 3.63) is 29.8 Å². The fourth-order valence-electron chi connectivity index (χ4n) is 4.35. The number of carbonyl (C=O) groups is 2. The first kappa shape index (κ1) is 14.5. The summed E-state index contributed by atoms with van der Waals surface area (Å²) in [4.78, 5) is 28.1. The highest BCUT2D eigenvalue weighted by atomic mass is 16.2. The number of fused-ring (bicyclic) bond motifs is 2. The molecule has 2 fully saturated rings. The molecule has 5 nitrogen and oxygen atoms in total. The zero-order valence-corrected chi connectivity index (χ0v) is 13.3. The van der Waals surface area contributed by atoms with E-state index in [1.807, 2.05) is 29.2 Å². The summed E-state index contributed by atoms with van der Waals surface area (Å²) in [5, 5.41) is 2.99. The number of rotatable bonds is 3. The number of amides is 3. The lowest BCUT2D eigenvalue weighted by molar-refractivity contribution is -0.117. The number of nitrogens with zero attached hydrogens (tertiary/aromatic N) is 2. The third-order valence-electron chi connectivity index (χ3n) is 5.55. The van der Waals surface area contributed by atoms with Crippen molar-refractivity contribution in [1.29, 1.82) is 0 Å². The monoisotopic (exact) mass is 313 g/mol. The van der Waals surface area contributed by atoms with Crippen molar-refractivity contribution in [2.24, 2.45) is 11.8 Å². The van der Waals surface area contributed by atoms with E-state index in [1.54, 1.807) is 4.90 Å². The molecule has 1 aromatic rings. The van der Waals surface area contributed by atoms with E-state index in [0.717, 1.165) is 24.3 Å². The van der Waals surface area contributed by atoms with Gasteiger partial charge in [-0.2, -0.15) is 0 Å². The average molecular weight is 313 g/mol. The SMILES string of the molecule is O=C(NCCN1C(=O)Cc2ccccc21)N1C[C@H]2CCC[C@@H]2C1. The summed E-state index contributed by atoms with van der Waals surface area (Å²) in [7, 11) is 0. The van der Waals surface area contributed by atoms with Crippen molar-refractivity contribution in [3.63, 3.8) is 0 Å². The smallest absolute Gasteiger partial charge is 0.317 e. The van der Waals surface area contributed by atoms with Gasteiger partial charge in [-0.15, -0.1) is 0 Å². The second-order valence-corrected chi connectivity index (χ2v) is 6.94. The molecule has 0 bridgehead atoms. The molecule has 1 aliphatic carbocycles. The summed E-state index contributed by atoms with van der Waals surface area (Å²) in [6.07, 6.45) is 4.34. The number of nitrogens with one attached hydrogen (secondary N) is 1. The first-order valence-electron chi connectivity index (χ1n) is 8.63. The predicted molar refractivity (Wildman–Crippen MR) is 88.3 cm³/mol. The van der Waals surface area contributed by atoms with Gasteiger partial charge >= 0.3 is 6.03 Å². The number of anilines is 1. The third kappa shape index (κ3) is 2.69. The number of carbonyl (C=O) groups excluding carboxylic acids is 2. The summed E-state index contributed by atoms with van der Waals surface area (Å²) in [6, 6.07) is 7.91. The van der Waals surface area contributed by atoms with E-state index >= 15 is 0 Å². The number of benzene rings is 1. The van der Waals surface area contributed by atoms with Crippen LogP contribution in [0.4, 0.5) is 10.5 Å². The van der Waals surface area contributed by atoms with E-state index in [0.29, 0.717) is 31.3 Å². The largest absolute Gasteiger partial charge is 0.336 e. The molecule has 0 spiro atoms. The molecule has 3 amide bonds. The molecule has 4 rings (SSSR count). The van der Waals surface area contributed by atoms with E-state index in [9.17, 15) is 9.59 Å². The van der Waals surface area contributed by atoms with Gasteiger partial charge in [0.05, 0.1) is 6.42 Å². The average Bonchev–Trinajstić information content (AvgIpc) is 3.20. The van der Waals surface area contributed by atoms with Gasteiger partial charge in [0.15, 0.2) is 0 Å². The Bertz CT molecular complexity index is 618. The van der Waals surface area contributed by atoms with Crippen LogP contribution in [0.15, 0.2) is 24.3 Å². The number of para-hydroxylation sites is 1. The molecule has 0 unspecified atom stereocenters. The summed E-state index contributed by atoms with van der Waals surface area (Å²) >= 11 is 0. The van der Waals surface area contributed by atoms with Gasteiger partial charge < -0.3 is 15.1 Å². The lowest BCUT2D eigenvalue weighted by Crippen LogP contribution is -2.43. The highest BCUT2D eigenvalue weighted by molar-refractivity contribution is 6.01. The van der Waals surface area contributed by atoms with Crippen molar-refractivity contribution in [3.8, 4) is 0 Å². The molecule has 0 aromatic heterocycles. The van der Waals surface area contributed by atoms with E-state index in [1.165, 1.54) is 19.3 Å². The fraction of sp³-hybridized carbons (Fsp3) is 0.556. The van der Waals surface area contributed by atoms with E-state index in [2.05, 4.69) is 5.32 Å². The summed E-state index contributed by atoms with van der Waals surface area (Å²) in [6.45, 7) is 2.86. The maximum atomic E-state index is 12.3. The first-order valence-corrected chi connectivity index (χ1v) is 8.63. The van der Waals surface area contributed by atoms with Gasteiger partial charge in [0.25, 0.3) is 0 Å². The zero-order valence-electron chi connectivity index (χ0n) is 13.3. The Balaban J connectivity index is 1.29. The minimum Gasteiger partial charge on any atom is -0.336 e. The third-order valence-corrected chi connectivity index (χ3v) is 5.55. The van der Waals surface area contributed by atoms with E-state index in [-0.39, 0.29) is 11.9 Å². The van der Waals surface area contributed by atoms with Crippen molar-refractivity contribution < 1.29 is 9.59 Å². The molecule has 1 N–H and O–H groups in total. The molecule has 5 heteroatoms. The maximum Gasteiger partial charge on any atom is 0.317 e. The van der Waals surface area contributed by atoms with Crippen LogP contribution < -0.4 is 10.2 Å². The Kier molecular flexibility index (Phi) is 3.71. The number of likely N-dealkylation sites (tertiary alicyclic amines) is 1. The van der Waals surface area contributed by atoms with Crippen LogP contribution in [0.25, 0.3) is 0 Å².